The molecule has 2 unspecified atom stereocenters. The second-order valence-electron chi connectivity index (χ2n) is 4.09. The van der Waals surface area contributed by atoms with Crippen molar-refractivity contribution in [3.05, 3.63) is 27.3 Å². The van der Waals surface area contributed by atoms with E-state index in [1.807, 2.05) is 0 Å². The number of halogens is 3. The van der Waals surface area contributed by atoms with Crippen molar-refractivity contribution in [2.24, 2.45) is 0 Å². The molecule has 4 nitrogen and oxygen atoms in total. The molecule has 1 aromatic rings. The first-order valence-electron chi connectivity index (χ1n) is 5.34. The van der Waals surface area contributed by atoms with E-state index in [1.54, 1.807) is 22.6 Å². The van der Waals surface area contributed by atoms with Gasteiger partial charge in [0.25, 0.3) is 0 Å². The van der Waals surface area contributed by atoms with E-state index in [2.05, 4.69) is 10.6 Å². The lowest BCUT2D eigenvalue weighted by molar-refractivity contribution is -0.117. The van der Waals surface area contributed by atoms with Gasteiger partial charge in [0.15, 0.2) is 0 Å². The number of amides is 1. The van der Waals surface area contributed by atoms with E-state index in [9.17, 15) is 18.7 Å². The topological polar surface area (TPSA) is 61.4 Å². The first kappa shape index (κ1) is 13.6. The SMILES string of the molecule is O=C(Nc1cc(F)c(I)c(F)c1)C1CC(O)CN1. The number of carbonyl (C=O) groups is 1. The Hall–Kier alpha value is -0.800. The molecule has 1 fully saturated rings. The number of aliphatic hydroxyl groups excluding tert-OH is 1. The van der Waals surface area contributed by atoms with Crippen LogP contribution in [0.5, 0.6) is 0 Å². The molecular weight excluding hydrogens is 357 g/mol. The number of benzene rings is 1. The number of aliphatic hydroxyl groups is 1. The Balaban J connectivity index is 2.07. The summed E-state index contributed by atoms with van der Waals surface area (Å²) >= 11 is 1.55. The summed E-state index contributed by atoms with van der Waals surface area (Å²) in [5.74, 6) is -1.85. The Bertz CT molecular complexity index is 461. The van der Waals surface area contributed by atoms with E-state index in [0.717, 1.165) is 12.1 Å². The molecular formula is C11H11F2IN2O2. The normalized spacial score (nSPS) is 23.1. The lowest BCUT2D eigenvalue weighted by Gasteiger charge is -2.11. The number of hydrogen-bond acceptors (Lipinski definition) is 3. The number of nitrogens with one attached hydrogen (secondary N) is 2. The van der Waals surface area contributed by atoms with Gasteiger partial charge in [0.05, 0.1) is 15.7 Å². The van der Waals surface area contributed by atoms with Gasteiger partial charge in [0.2, 0.25) is 5.91 Å². The maximum atomic E-state index is 13.3. The van der Waals surface area contributed by atoms with Gasteiger partial charge < -0.3 is 15.7 Å². The van der Waals surface area contributed by atoms with Crippen molar-refractivity contribution in [3.63, 3.8) is 0 Å². The summed E-state index contributed by atoms with van der Waals surface area (Å²) in [6, 6.07) is 1.59. The summed E-state index contributed by atoms with van der Waals surface area (Å²) < 4.78 is 26.4. The summed E-state index contributed by atoms with van der Waals surface area (Å²) in [6.45, 7) is 0.341. The Kier molecular flexibility index (Phi) is 4.13. The number of carbonyl (C=O) groups excluding carboxylic acids is 1. The highest BCUT2D eigenvalue weighted by atomic mass is 127. The quantitative estimate of drug-likeness (QED) is 0.544. The number of anilines is 1. The smallest absolute Gasteiger partial charge is 0.241 e. The standard InChI is InChI=1S/C11H11F2IN2O2/c12-7-1-5(2-8(13)10(7)14)16-11(18)9-3-6(17)4-15-9/h1-2,6,9,15,17H,3-4H2,(H,16,18). The van der Waals surface area contributed by atoms with Gasteiger partial charge in [-0.2, -0.15) is 0 Å². The van der Waals surface area contributed by atoms with E-state index in [0.29, 0.717) is 13.0 Å². The third-order valence-electron chi connectivity index (χ3n) is 2.68. The number of β-amino-alcohol motifs (C(OH)–C–C–N with tert-alkyl or cyclic N) is 1. The third-order valence-corrected chi connectivity index (χ3v) is 3.71. The molecule has 0 spiro atoms. The van der Waals surface area contributed by atoms with Crippen molar-refractivity contribution >= 4 is 34.2 Å². The molecule has 0 bridgehead atoms. The Labute approximate surface area is 116 Å². The van der Waals surface area contributed by atoms with Gasteiger partial charge in [0.1, 0.15) is 11.6 Å². The zero-order valence-electron chi connectivity index (χ0n) is 9.21. The molecule has 1 heterocycles. The summed E-state index contributed by atoms with van der Waals surface area (Å²) in [4.78, 5) is 11.7. The third kappa shape index (κ3) is 2.96. The molecule has 0 aliphatic carbocycles. The zero-order valence-corrected chi connectivity index (χ0v) is 11.4. The van der Waals surface area contributed by atoms with Crippen molar-refractivity contribution in [2.45, 2.75) is 18.6 Å². The van der Waals surface area contributed by atoms with Gasteiger partial charge in [-0.1, -0.05) is 0 Å². The van der Waals surface area contributed by atoms with Crippen LogP contribution in [0.4, 0.5) is 14.5 Å². The fraction of sp³-hybridized carbons (Fsp3) is 0.364. The highest BCUT2D eigenvalue weighted by Gasteiger charge is 2.28. The van der Waals surface area contributed by atoms with E-state index >= 15 is 0 Å². The fourth-order valence-corrected chi connectivity index (χ4v) is 2.09. The molecule has 1 aliphatic rings. The minimum Gasteiger partial charge on any atom is -0.392 e. The molecule has 18 heavy (non-hydrogen) atoms. The Morgan fingerprint density at radius 3 is 2.56 bits per heavy atom. The molecule has 1 amide bonds. The van der Waals surface area contributed by atoms with Crippen LogP contribution in [0.25, 0.3) is 0 Å². The first-order chi connectivity index (χ1) is 8.47. The predicted octanol–water partition coefficient (Wildman–Crippen LogP) is 1.23. The van der Waals surface area contributed by atoms with Crippen LogP contribution in [0, 0.1) is 15.2 Å². The summed E-state index contributed by atoms with van der Waals surface area (Å²) in [7, 11) is 0. The molecule has 98 valence electrons. The second-order valence-corrected chi connectivity index (χ2v) is 5.17. The number of hydrogen-bond donors (Lipinski definition) is 3. The van der Waals surface area contributed by atoms with E-state index < -0.39 is 29.7 Å². The van der Waals surface area contributed by atoms with Crippen LogP contribution in [0.2, 0.25) is 0 Å². The minimum absolute atomic E-state index is 0.0682. The van der Waals surface area contributed by atoms with Crippen LogP contribution in [0.15, 0.2) is 12.1 Å². The lowest BCUT2D eigenvalue weighted by atomic mass is 10.2. The average Bonchev–Trinajstić information content (AvgIpc) is 2.72. The molecule has 0 aromatic heterocycles. The van der Waals surface area contributed by atoms with Gasteiger partial charge in [0, 0.05) is 12.2 Å². The van der Waals surface area contributed by atoms with Crippen LogP contribution in [-0.2, 0) is 4.79 Å². The molecule has 1 aliphatic heterocycles. The first-order valence-corrected chi connectivity index (χ1v) is 6.42. The summed E-state index contributed by atoms with van der Waals surface area (Å²) in [6.07, 6.45) is -0.271. The van der Waals surface area contributed by atoms with Crippen LogP contribution in [0.1, 0.15) is 6.42 Å². The molecule has 3 N–H and O–H groups in total. The van der Waals surface area contributed by atoms with Gasteiger partial charge in [-0.05, 0) is 41.1 Å². The minimum atomic E-state index is -0.717. The number of rotatable bonds is 2. The molecule has 2 rings (SSSR count). The zero-order chi connectivity index (χ0) is 13.3. The van der Waals surface area contributed by atoms with Gasteiger partial charge in [-0.3, -0.25) is 4.79 Å². The molecule has 1 saturated heterocycles. The average molecular weight is 368 g/mol. The molecule has 2 atom stereocenters. The van der Waals surface area contributed by atoms with E-state index in [1.165, 1.54) is 0 Å². The largest absolute Gasteiger partial charge is 0.392 e. The van der Waals surface area contributed by atoms with Crippen LogP contribution in [0.3, 0.4) is 0 Å². The van der Waals surface area contributed by atoms with E-state index in [4.69, 9.17) is 0 Å². The molecule has 7 heteroatoms. The van der Waals surface area contributed by atoms with Crippen molar-refractivity contribution in [1.29, 1.82) is 0 Å². The Morgan fingerprint density at radius 2 is 2.06 bits per heavy atom. The van der Waals surface area contributed by atoms with Crippen molar-refractivity contribution in [3.8, 4) is 0 Å². The second kappa shape index (κ2) is 5.45. The fourth-order valence-electron chi connectivity index (χ4n) is 1.77. The highest BCUT2D eigenvalue weighted by molar-refractivity contribution is 14.1. The van der Waals surface area contributed by atoms with Crippen molar-refractivity contribution in [1.82, 2.24) is 5.32 Å². The van der Waals surface area contributed by atoms with Gasteiger partial charge in [-0.15, -0.1) is 0 Å². The monoisotopic (exact) mass is 368 g/mol. The molecule has 1 aromatic carbocycles. The van der Waals surface area contributed by atoms with Crippen molar-refractivity contribution in [2.75, 3.05) is 11.9 Å². The van der Waals surface area contributed by atoms with Gasteiger partial charge in [-0.25, -0.2) is 8.78 Å². The predicted molar refractivity (Wildman–Crippen MR) is 70.1 cm³/mol. The van der Waals surface area contributed by atoms with Crippen LogP contribution >= 0.6 is 22.6 Å². The lowest BCUT2D eigenvalue weighted by Crippen LogP contribution is -2.35. The van der Waals surface area contributed by atoms with Gasteiger partial charge >= 0.3 is 0 Å². The van der Waals surface area contributed by atoms with Crippen molar-refractivity contribution < 1.29 is 18.7 Å². The summed E-state index contributed by atoms with van der Waals surface area (Å²) in [5.41, 5.74) is 0.0682. The van der Waals surface area contributed by atoms with E-state index in [-0.39, 0.29) is 9.26 Å². The van der Waals surface area contributed by atoms with Crippen LogP contribution < -0.4 is 10.6 Å². The Morgan fingerprint density at radius 1 is 1.44 bits per heavy atom. The van der Waals surface area contributed by atoms with Crippen LogP contribution in [-0.4, -0.2) is 29.7 Å². The maximum absolute atomic E-state index is 13.3. The highest BCUT2D eigenvalue weighted by Crippen LogP contribution is 2.21. The molecule has 0 saturated carbocycles. The maximum Gasteiger partial charge on any atom is 0.241 e. The molecule has 0 radical (unpaired) electrons. The summed E-state index contributed by atoms with van der Waals surface area (Å²) in [5, 5.41) is 14.5.